The summed E-state index contributed by atoms with van der Waals surface area (Å²) < 4.78 is 5.19. The van der Waals surface area contributed by atoms with Crippen molar-refractivity contribution < 1.29 is 4.74 Å². The fraction of sp³-hybridized carbons (Fsp3) is 1.00. The summed E-state index contributed by atoms with van der Waals surface area (Å²) in [6.07, 6.45) is 1.15. The minimum absolute atomic E-state index is 0. The molecule has 9 heavy (non-hydrogen) atoms. The Balaban J connectivity index is 0.000000640. The molecule has 0 radical (unpaired) electrons. The number of halogens is 1. The molecule has 0 unspecified atom stereocenters. The average Bonchev–Trinajstić information content (AvgIpc) is 2.44. The molecule has 1 fully saturated rings. The number of ether oxygens (including phenoxy) is 1. The van der Waals surface area contributed by atoms with Crippen LogP contribution in [0.3, 0.4) is 0 Å². The number of likely N-dealkylation sites (N-methyl/N-ethyl adjacent to an activating group) is 1. The van der Waals surface area contributed by atoms with E-state index in [0.29, 0.717) is 6.04 Å². The first-order valence-corrected chi connectivity index (χ1v) is 2.95. The van der Waals surface area contributed by atoms with Crippen LogP contribution in [0.5, 0.6) is 0 Å². The lowest BCUT2D eigenvalue weighted by molar-refractivity contribution is 0.0883. The van der Waals surface area contributed by atoms with Gasteiger partial charge in [-0.1, -0.05) is 0 Å². The summed E-state index contributed by atoms with van der Waals surface area (Å²) in [4.78, 5) is 0. The molecular formula is C6H14ClNO. The molecule has 0 bridgehead atoms. The summed E-state index contributed by atoms with van der Waals surface area (Å²) in [6.45, 7) is 2.12. The van der Waals surface area contributed by atoms with Crippen LogP contribution in [0.15, 0.2) is 0 Å². The third kappa shape index (κ3) is 1.57. The summed E-state index contributed by atoms with van der Waals surface area (Å²) in [7, 11) is 3.73. The van der Waals surface area contributed by atoms with Crippen LogP contribution in [0, 0.1) is 0 Å². The van der Waals surface area contributed by atoms with Gasteiger partial charge in [0.25, 0.3) is 0 Å². The maximum absolute atomic E-state index is 5.19. The molecule has 1 N–H and O–H groups in total. The van der Waals surface area contributed by atoms with Gasteiger partial charge in [0.2, 0.25) is 0 Å². The van der Waals surface area contributed by atoms with Crippen molar-refractivity contribution in [3.8, 4) is 0 Å². The van der Waals surface area contributed by atoms with E-state index < -0.39 is 0 Å². The molecular weight excluding hydrogens is 138 g/mol. The van der Waals surface area contributed by atoms with Crippen LogP contribution < -0.4 is 5.32 Å². The minimum Gasteiger partial charge on any atom is -0.377 e. The quantitative estimate of drug-likeness (QED) is 0.631. The number of hydrogen-bond acceptors (Lipinski definition) is 2. The van der Waals surface area contributed by atoms with Crippen molar-refractivity contribution in [3.05, 3.63) is 0 Å². The monoisotopic (exact) mass is 151 g/mol. The van der Waals surface area contributed by atoms with Crippen molar-refractivity contribution >= 4 is 12.4 Å². The Morgan fingerprint density at radius 1 is 1.67 bits per heavy atom. The predicted molar refractivity (Wildman–Crippen MR) is 40.1 cm³/mol. The zero-order chi connectivity index (χ0) is 6.20. The van der Waals surface area contributed by atoms with Gasteiger partial charge in [-0.2, -0.15) is 0 Å². The summed E-state index contributed by atoms with van der Waals surface area (Å²) in [5.74, 6) is 0. The topological polar surface area (TPSA) is 21.3 Å². The number of methoxy groups -OCH3 is 1. The molecule has 0 saturated heterocycles. The van der Waals surface area contributed by atoms with E-state index in [4.69, 9.17) is 4.74 Å². The maximum Gasteiger partial charge on any atom is 0.0819 e. The fourth-order valence-corrected chi connectivity index (χ4v) is 0.979. The van der Waals surface area contributed by atoms with Crippen LogP contribution >= 0.6 is 12.4 Å². The molecule has 0 heterocycles. The first-order chi connectivity index (χ1) is 3.73. The van der Waals surface area contributed by atoms with Gasteiger partial charge in [-0.05, 0) is 20.4 Å². The molecule has 1 aliphatic rings. The smallest absolute Gasteiger partial charge is 0.0819 e. The highest BCUT2D eigenvalue weighted by atomic mass is 35.5. The highest BCUT2D eigenvalue weighted by Gasteiger charge is 2.49. The van der Waals surface area contributed by atoms with Gasteiger partial charge in [0.15, 0.2) is 0 Å². The Morgan fingerprint density at radius 2 is 2.22 bits per heavy atom. The van der Waals surface area contributed by atoms with Crippen molar-refractivity contribution in [1.29, 1.82) is 0 Å². The highest BCUT2D eigenvalue weighted by molar-refractivity contribution is 5.85. The van der Waals surface area contributed by atoms with E-state index in [2.05, 4.69) is 12.2 Å². The second kappa shape index (κ2) is 2.86. The molecule has 1 rings (SSSR count). The standard InChI is InChI=1S/C6H13NO.ClH/c1-6(8-3)4-5(6)7-2;/h5,7H,4H2,1-3H3;1H/t5-,6+;/m0./s1. The van der Waals surface area contributed by atoms with Crippen LogP contribution in [-0.2, 0) is 4.74 Å². The third-order valence-corrected chi connectivity index (χ3v) is 2.00. The zero-order valence-corrected chi connectivity index (χ0v) is 6.92. The summed E-state index contributed by atoms with van der Waals surface area (Å²) in [6, 6.07) is 0.590. The molecule has 0 spiro atoms. The second-order valence-electron chi connectivity index (χ2n) is 2.56. The second-order valence-corrected chi connectivity index (χ2v) is 2.56. The van der Waals surface area contributed by atoms with Crippen LogP contribution in [0.25, 0.3) is 0 Å². The van der Waals surface area contributed by atoms with Crippen LogP contribution in [0.1, 0.15) is 13.3 Å². The Morgan fingerprint density at radius 3 is 2.33 bits per heavy atom. The molecule has 56 valence electrons. The van der Waals surface area contributed by atoms with E-state index >= 15 is 0 Å². The highest BCUT2D eigenvalue weighted by Crippen LogP contribution is 2.38. The molecule has 0 aromatic rings. The lowest BCUT2D eigenvalue weighted by Crippen LogP contribution is -2.21. The first-order valence-electron chi connectivity index (χ1n) is 2.95. The molecule has 0 aromatic heterocycles. The summed E-state index contributed by atoms with van der Waals surface area (Å²) in [5.41, 5.74) is 0.148. The van der Waals surface area contributed by atoms with Crippen LogP contribution in [-0.4, -0.2) is 25.8 Å². The molecule has 1 saturated carbocycles. The van der Waals surface area contributed by atoms with E-state index in [0.717, 1.165) is 6.42 Å². The molecule has 0 aliphatic heterocycles. The summed E-state index contributed by atoms with van der Waals surface area (Å²) >= 11 is 0. The molecule has 0 aromatic carbocycles. The normalized spacial score (nSPS) is 39.7. The van der Waals surface area contributed by atoms with Gasteiger partial charge in [0, 0.05) is 13.2 Å². The van der Waals surface area contributed by atoms with E-state index in [9.17, 15) is 0 Å². The number of hydrogen-bond donors (Lipinski definition) is 1. The molecule has 2 nitrogen and oxygen atoms in total. The van der Waals surface area contributed by atoms with Gasteiger partial charge < -0.3 is 10.1 Å². The number of nitrogens with one attached hydrogen (secondary N) is 1. The Hall–Kier alpha value is 0.210. The van der Waals surface area contributed by atoms with Crippen LogP contribution in [0.4, 0.5) is 0 Å². The molecule has 1 aliphatic carbocycles. The first kappa shape index (κ1) is 9.21. The summed E-state index contributed by atoms with van der Waals surface area (Å²) in [5, 5.41) is 3.16. The van der Waals surface area contributed by atoms with Crippen molar-refractivity contribution in [2.45, 2.75) is 25.0 Å². The van der Waals surface area contributed by atoms with Gasteiger partial charge in [-0.15, -0.1) is 12.4 Å². The van der Waals surface area contributed by atoms with Crippen molar-refractivity contribution in [2.24, 2.45) is 0 Å². The van der Waals surface area contributed by atoms with Crippen molar-refractivity contribution in [3.63, 3.8) is 0 Å². The van der Waals surface area contributed by atoms with E-state index in [-0.39, 0.29) is 18.0 Å². The van der Waals surface area contributed by atoms with Crippen molar-refractivity contribution in [1.82, 2.24) is 5.32 Å². The van der Waals surface area contributed by atoms with Gasteiger partial charge >= 0.3 is 0 Å². The van der Waals surface area contributed by atoms with Gasteiger partial charge in [-0.3, -0.25) is 0 Å². The molecule has 3 heteroatoms. The zero-order valence-electron chi connectivity index (χ0n) is 6.10. The maximum atomic E-state index is 5.19. The minimum atomic E-state index is 0. The van der Waals surface area contributed by atoms with Gasteiger partial charge in [0.1, 0.15) is 0 Å². The van der Waals surface area contributed by atoms with Gasteiger partial charge in [-0.25, -0.2) is 0 Å². The molecule has 2 atom stereocenters. The van der Waals surface area contributed by atoms with E-state index in [1.807, 2.05) is 7.05 Å². The predicted octanol–water partition coefficient (Wildman–Crippen LogP) is 0.805. The fourth-order valence-electron chi connectivity index (χ4n) is 0.979. The van der Waals surface area contributed by atoms with E-state index in [1.54, 1.807) is 7.11 Å². The largest absolute Gasteiger partial charge is 0.377 e. The Labute approximate surface area is 62.4 Å². The Bertz CT molecular complexity index is 99.1. The van der Waals surface area contributed by atoms with E-state index in [1.165, 1.54) is 0 Å². The van der Waals surface area contributed by atoms with Gasteiger partial charge in [0.05, 0.1) is 5.60 Å². The Kier molecular flexibility index (Phi) is 2.93. The average molecular weight is 152 g/mol. The van der Waals surface area contributed by atoms with Crippen molar-refractivity contribution in [2.75, 3.05) is 14.2 Å². The lowest BCUT2D eigenvalue weighted by atomic mass is 10.4. The number of rotatable bonds is 2. The molecule has 0 amide bonds. The SMILES string of the molecule is CN[C@H]1C[C@@]1(C)OC.Cl. The lowest BCUT2D eigenvalue weighted by Gasteiger charge is -2.06. The van der Waals surface area contributed by atoms with Crippen LogP contribution in [0.2, 0.25) is 0 Å². The third-order valence-electron chi connectivity index (χ3n) is 2.00.